The first-order valence-corrected chi connectivity index (χ1v) is 7.98. The van der Waals surface area contributed by atoms with Crippen LogP contribution >= 0.6 is 11.6 Å². The summed E-state index contributed by atoms with van der Waals surface area (Å²) >= 11 is 5.52. The minimum absolute atomic E-state index is 0.00104. The number of methoxy groups -OCH3 is 1. The molecule has 124 valence electrons. The van der Waals surface area contributed by atoms with Crippen LogP contribution in [0.4, 0.5) is 4.79 Å². The van der Waals surface area contributed by atoms with Crippen molar-refractivity contribution in [3.63, 3.8) is 0 Å². The number of carbonyl (C=O) groups excluding carboxylic acids is 2. The molecular formula is C16H18ClNO5. The Bertz CT molecular complexity index is 635. The lowest BCUT2D eigenvalue weighted by Gasteiger charge is -2.34. The van der Waals surface area contributed by atoms with Gasteiger partial charge in [-0.05, 0) is 18.2 Å². The predicted octanol–water partition coefficient (Wildman–Crippen LogP) is 2.48. The molecule has 2 aliphatic rings. The molecule has 2 heterocycles. The molecule has 7 heteroatoms. The molecule has 1 unspecified atom stereocenters. The second kappa shape index (κ2) is 6.28. The lowest BCUT2D eigenvalue weighted by Crippen LogP contribution is -2.45. The zero-order valence-electron chi connectivity index (χ0n) is 12.8. The number of nitrogens with zero attached hydrogens (tertiary/aromatic N) is 1. The monoisotopic (exact) mass is 339 g/mol. The molecule has 1 atom stereocenters. The molecule has 6 nitrogen and oxygen atoms in total. The summed E-state index contributed by atoms with van der Waals surface area (Å²) in [5, 5.41) is 0. The maximum Gasteiger partial charge on any atom is 0.409 e. The number of Topliss-reactive ketones (excluding diaryl/α,β-unsaturated/α-hetero) is 1. The number of hydrogen-bond acceptors (Lipinski definition) is 5. The van der Waals surface area contributed by atoms with Crippen LogP contribution in [-0.2, 0) is 4.74 Å². The van der Waals surface area contributed by atoms with E-state index < -0.39 is 11.7 Å². The molecule has 0 N–H and O–H groups in total. The van der Waals surface area contributed by atoms with Crippen molar-refractivity contribution in [2.24, 2.45) is 0 Å². The molecule has 0 aliphatic carbocycles. The van der Waals surface area contributed by atoms with Crippen molar-refractivity contribution in [2.45, 2.75) is 18.4 Å². The third-order valence-electron chi connectivity index (χ3n) is 4.17. The summed E-state index contributed by atoms with van der Waals surface area (Å²) in [6.07, 6.45) is 0.422. The van der Waals surface area contributed by atoms with E-state index in [1.807, 2.05) is 0 Å². The first-order valence-electron chi connectivity index (χ1n) is 7.45. The van der Waals surface area contributed by atoms with Crippen LogP contribution in [0.3, 0.4) is 0 Å². The average Bonchev–Trinajstić information content (AvgIpc) is 2.95. The van der Waals surface area contributed by atoms with Crippen LogP contribution in [0.2, 0.25) is 0 Å². The Balaban J connectivity index is 1.75. The summed E-state index contributed by atoms with van der Waals surface area (Å²) in [6.45, 7) is 1.01. The summed E-state index contributed by atoms with van der Waals surface area (Å²) in [7, 11) is 1.55. The van der Waals surface area contributed by atoms with Gasteiger partial charge in [0.15, 0.2) is 5.78 Å². The van der Waals surface area contributed by atoms with Crippen LogP contribution in [-0.4, -0.2) is 55.1 Å². The van der Waals surface area contributed by atoms with Gasteiger partial charge in [-0.2, -0.15) is 0 Å². The third kappa shape index (κ3) is 3.08. The number of benzene rings is 1. The molecule has 23 heavy (non-hydrogen) atoms. The largest absolute Gasteiger partial charge is 0.497 e. The van der Waals surface area contributed by atoms with Crippen LogP contribution < -0.4 is 9.47 Å². The SMILES string of the molecule is COc1ccc2c(c1)C(=O)CC1(CCN(C(=O)OCCCl)C1)O2. The number of hydrogen-bond donors (Lipinski definition) is 0. The normalized spacial score (nSPS) is 22.7. The van der Waals surface area contributed by atoms with Crippen molar-refractivity contribution >= 4 is 23.5 Å². The van der Waals surface area contributed by atoms with Crippen LogP contribution in [0.15, 0.2) is 18.2 Å². The van der Waals surface area contributed by atoms with Crippen molar-refractivity contribution in [1.29, 1.82) is 0 Å². The number of fused-ring (bicyclic) bond motifs is 1. The summed E-state index contributed by atoms with van der Waals surface area (Å²) in [5.74, 6) is 1.42. The zero-order chi connectivity index (χ0) is 16.4. The Morgan fingerprint density at radius 1 is 1.48 bits per heavy atom. The molecule has 1 saturated heterocycles. The molecule has 1 spiro atoms. The molecule has 0 aromatic heterocycles. The standard InChI is InChI=1S/C16H18ClNO5/c1-21-11-2-3-14-12(8-11)13(19)9-16(23-14)4-6-18(10-16)15(20)22-7-5-17/h2-3,8H,4-7,9-10H2,1H3. The second-order valence-electron chi connectivity index (χ2n) is 5.72. The van der Waals surface area contributed by atoms with Gasteiger partial charge in [0, 0.05) is 13.0 Å². The first kappa shape index (κ1) is 15.9. The number of amides is 1. The van der Waals surface area contributed by atoms with E-state index >= 15 is 0 Å². The molecule has 1 amide bonds. The molecule has 1 aromatic rings. The lowest BCUT2D eigenvalue weighted by atomic mass is 9.89. The minimum Gasteiger partial charge on any atom is -0.497 e. The fourth-order valence-corrected chi connectivity index (χ4v) is 3.12. The van der Waals surface area contributed by atoms with Crippen LogP contribution in [0.1, 0.15) is 23.2 Å². The second-order valence-corrected chi connectivity index (χ2v) is 6.10. The van der Waals surface area contributed by atoms with Gasteiger partial charge in [-0.25, -0.2) is 4.79 Å². The highest BCUT2D eigenvalue weighted by Crippen LogP contribution is 2.40. The number of alkyl halides is 1. The van der Waals surface area contributed by atoms with E-state index in [1.165, 1.54) is 0 Å². The topological polar surface area (TPSA) is 65.1 Å². The fraction of sp³-hybridized carbons (Fsp3) is 0.500. The molecule has 0 radical (unpaired) electrons. The highest BCUT2D eigenvalue weighted by Gasteiger charge is 2.47. The summed E-state index contributed by atoms with van der Waals surface area (Å²) < 4.78 is 16.3. The average molecular weight is 340 g/mol. The van der Waals surface area contributed by atoms with E-state index in [1.54, 1.807) is 30.2 Å². The number of likely N-dealkylation sites (tertiary alicyclic amines) is 1. The smallest absolute Gasteiger partial charge is 0.409 e. The number of ketones is 1. The summed E-state index contributed by atoms with van der Waals surface area (Å²) in [4.78, 5) is 26.0. The van der Waals surface area contributed by atoms with Crippen molar-refractivity contribution < 1.29 is 23.8 Å². The zero-order valence-corrected chi connectivity index (χ0v) is 13.6. The Morgan fingerprint density at radius 2 is 2.30 bits per heavy atom. The first-order chi connectivity index (χ1) is 11.1. The number of halogens is 1. The van der Waals surface area contributed by atoms with Crippen LogP contribution in [0.5, 0.6) is 11.5 Å². The Hall–Kier alpha value is -1.95. The molecule has 0 bridgehead atoms. The van der Waals surface area contributed by atoms with Gasteiger partial charge in [0.25, 0.3) is 0 Å². The van der Waals surface area contributed by atoms with E-state index in [-0.39, 0.29) is 24.7 Å². The van der Waals surface area contributed by atoms with Gasteiger partial charge in [-0.15, -0.1) is 11.6 Å². The van der Waals surface area contributed by atoms with Gasteiger partial charge >= 0.3 is 6.09 Å². The predicted molar refractivity (Wildman–Crippen MR) is 83.6 cm³/mol. The third-order valence-corrected chi connectivity index (χ3v) is 4.33. The molecule has 1 fully saturated rings. The summed E-state index contributed by atoms with van der Waals surface area (Å²) in [5.41, 5.74) is -0.142. The lowest BCUT2D eigenvalue weighted by molar-refractivity contribution is 0.0433. The van der Waals surface area contributed by atoms with Crippen molar-refractivity contribution in [2.75, 3.05) is 32.7 Å². The van der Waals surface area contributed by atoms with Crippen LogP contribution in [0, 0.1) is 0 Å². The molecule has 0 saturated carbocycles. The fourth-order valence-electron chi connectivity index (χ4n) is 3.05. The maximum absolute atomic E-state index is 12.5. The van der Waals surface area contributed by atoms with Crippen molar-refractivity contribution in [3.8, 4) is 11.5 Å². The molecule has 3 rings (SSSR count). The van der Waals surface area contributed by atoms with Gasteiger partial charge < -0.3 is 19.1 Å². The number of ether oxygens (including phenoxy) is 3. The number of rotatable bonds is 3. The Labute approximate surface area is 139 Å². The summed E-state index contributed by atoms with van der Waals surface area (Å²) in [6, 6.07) is 5.18. The van der Waals surface area contributed by atoms with E-state index in [4.69, 9.17) is 25.8 Å². The molecular weight excluding hydrogens is 322 g/mol. The van der Waals surface area contributed by atoms with Gasteiger partial charge in [0.05, 0.1) is 31.5 Å². The van der Waals surface area contributed by atoms with E-state index in [0.717, 1.165) is 0 Å². The maximum atomic E-state index is 12.5. The van der Waals surface area contributed by atoms with E-state index in [9.17, 15) is 9.59 Å². The van der Waals surface area contributed by atoms with Gasteiger partial charge in [-0.1, -0.05) is 0 Å². The quantitative estimate of drug-likeness (QED) is 0.792. The van der Waals surface area contributed by atoms with Crippen LogP contribution in [0.25, 0.3) is 0 Å². The van der Waals surface area contributed by atoms with E-state index in [0.29, 0.717) is 36.6 Å². The van der Waals surface area contributed by atoms with E-state index in [2.05, 4.69) is 0 Å². The highest BCUT2D eigenvalue weighted by molar-refractivity contribution is 6.18. The molecule has 1 aromatic carbocycles. The van der Waals surface area contributed by atoms with Gasteiger partial charge in [0.2, 0.25) is 0 Å². The Kier molecular flexibility index (Phi) is 4.35. The number of carbonyl (C=O) groups is 2. The van der Waals surface area contributed by atoms with Gasteiger partial charge in [-0.3, -0.25) is 4.79 Å². The molecule has 2 aliphatic heterocycles. The Morgan fingerprint density at radius 3 is 3.04 bits per heavy atom. The van der Waals surface area contributed by atoms with Crippen molar-refractivity contribution in [1.82, 2.24) is 4.90 Å². The van der Waals surface area contributed by atoms with Gasteiger partial charge in [0.1, 0.15) is 23.7 Å². The van der Waals surface area contributed by atoms with Crippen molar-refractivity contribution in [3.05, 3.63) is 23.8 Å². The highest BCUT2D eigenvalue weighted by atomic mass is 35.5. The minimum atomic E-state index is -0.668.